The van der Waals surface area contributed by atoms with E-state index in [-0.39, 0.29) is 11.5 Å². The molecule has 0 saturated heterocycles. The SMILES string of the molecule is CCCN(CCC)Cc1ccc(O)c(O)c1. The van der Waals surface area contributed by atoms with Crippen LogP contribution in [0.5, 0.6) is 11.5 Å². The third-order valence-corrected chi connectivity index (χ3v) is 2.53. The second kappa shape index (κ2) is 6.38. The van der Waals surface area contributed by atoms with Gasteiger partial charge in [-0.2, -0.15) is 0 Å². The molecular formula is C13H21NO2. The second-order valence-corrected chi connectivity index (χ2v) is 4.10. The fraction of sp³-hybridized carbons (Fsp3) is 0.538. The van der Waals surface area contributed by atoms with Gasteiger partial charge in [-0.1, -0.05) is 19.9 Å². The molecule has 0 atom stereocenters. The van der Waals surface area contributed by atoms with E-state index in [0.717, 1.165) is 38.0 Å². The van der Waals surface area contributed by atoms with Gasteiger partial charge in [-0.3, -0.25) is 4.90 Å². The normalized spacial score (nSPS) is 10.9. The monoisotopic (exact) mass is 223 g/mol. The summed E-state index contributed by atoms with van der Waals surface area (Å²) in [4.78, 5) is 2.35. The van der Waals surface area contributed by atoms with Gasteiger partial charge in [-0.25, -0.2) is 0 Å². The first kappa shape index (κ1) is 12.8. The molecule has 0 fully saturated rings. The first-order chi connectivity index (χ1) is 7.67. The van der Waals surface area contributed by atoms with Gasteiger partial charge in [0.15, 0.2) is 11.5 Å². The van der Waals surface area contributed by atoms with Gasteiger partial charge in [0.25, 0.3) is 0 Å². The van der Waals surface area contributed by atoms with Crippen molar-refractivity contribution in [3.63, 3.8) is 0 Å². The molecule has 0 unspecified atom stereocenters. The lowest BCUT2D eigenvalue weighted by Crippen LogP contribution is -2.24. The summed E-state index contributed by atoms with van der Waals surface area (Å²) in [7, 11) is 0. The summed E-state index contributed by atoms with van der Waals surface area (Å²) in [6, 6.07) is 5.03. The molecule has 1 aromatic rings. The Balaban J connectivity index is 2.65. The largest absolute Gasteiger partial charge is 0.504 e. The van der Waals surface area contributed by atoms with E-state index in [4.69, 9.17) is 0 Å². The first-order valence-electron chi connectivity index (χ1n) is 5.90. The van der Waals surface area contributed by atoms with Crippen LogP contribution in [0.2, 0.25) is 0 Å². The lowest BCUT2D eigenvalue weighted by atomic mass is 10.2. The highest BCUT2D eigenvalue weighted by molar-refractivity contribution is 5.40. The van der Waals surface area contributed by atoms with Crippen molar-refractivity contribution >= 4 is 0 Å². The zero-order valence-electron chi connectivity index (χ0n) is 10.1. The number of benzene rings is 1. The summed E-state index contributed by atoms with van der Waals surface area (Å²) in [5.41, 5.74) is 1.04. The maximum atomic E-state index is 9.40. The summed E-state index contributed by atoms with van der Waals surface area (Å²) in [5.74, 6) is -0.0910. The summed E-state index contributed by atoms with van der Waals surface area (Å²) >= 11 is 0. The molecule has 0 amide bonds. The van der Waals surface area contributed by atoms with Crippen LogP contribution in [0.25, 0.3) is 0 Å². The van der Waals surface area contributed by atoms with Crippen molar-refractivity contribution in [1.82, 2.24) is 4.90 Å². The van der Waals surface area contributed by atoms with Crippen molar-refractivity contribution in [3.8, 4) is 11.5 Å². The lowest BCUT2D eigenvalue weighted by Gasteiger charge is -2.21. The Hall–Kier alpha value is -1.22. The van der Waals surface area contributed by atoms with E-state index in [1.54, 1.807) is 12.1 Å². The van der Waals surface area contributed by atoms with Crippen molar-refractivity contribution in [2.45, 2.75) is 33.2 Å². The number of phenols is 2. The molecule has 0 aliphatic rings. The minimum Gasteiger partial charge on any atom is -0.504 e. The topological polar surface area (TPSA) is 43.7 Å². The standard InChI is InChI=1S/C13H21NO2/c1-3-7-14(8-4-2)10-11-5-6-12(15)13(16)9-11/h5-6,9,15-16H,3-4,7-8,10H2,1-2H3. The highest BCUT2D eigenvalue weighted by atomic mass is 16.3. The molecule has 0 aliphatic carbocycles. The average Bonchev–Trinajstić information content (AvgIpc) is 2.24. The van der Waals surface area contributed by atoms with Crippen LogP contribution in [0.3, 0.4) is 0 Å². The number of phenolic OH excluding ortho intramolecular Hbond substituents is 2. The number of nitrogens with zero attached hydrogens (tertiary/aromatic N) is 1. The van der Waals surface area contributed by atoms with Gasteiger partial charge in [-0.15, -0.1) is 0 Å². The summed E-state index contributed by atoms with van der Waals surface area (Å²) in [6.45, 7) is 7.29. The van der Waals surface area contributed by atoms with Gasteiger partial charge in [0, 0.05) is 6.54 Å². The maximum Gasteiger partial charge on any atom is 0.157 e. The predicted octanol–water partition coefficient (Wildman–Crippen LogP) is 2.72. The minimum atomic E-state index is -0.0544. The Morgan fingerprint density at radius 3 is 2.12 bits per heavy atom. The molecule has 0 aromatic heterocycles. The van der Waals surface area contributed by atoms with Crippen molar-refractivity contribution in [3.05, 3.63) is 23.8 Å². The van der Waals surface area contributed by atoms with Crippen molar-refractivity contribution in [1.29, 1.82) is 0 Å². The Kier molecular flexibility index (Phi) is 5.12. The lowest BCUT2D eigenvalue weighted by molar-refractivity contribution is 0.266. The summed E-state index contributed by atoms with van der Waals surface area (Å²) < 4.78 is 0. The Morgan fingerprint density at radius 1 is 1.00 bits per heavy atom. The van der Waals surface area contributed by atoms with Gasteiger partial charge in [0.05, 0.1) is 0 Å². The van der Waals surface area contributed by atoms with Gasteiger partial charge in [0.1, 0.15) is 0 Å². The van der Waals surface area contributed by atoms with Gasteiger partial charge < -0.3 is 10.2 Å². The number of aromatic hydroxyl groups is 2. The van der Waals surface area contributed by atoms with Crippen molar-refractivity contribution < 1.29 is 10.2 Å². The van der Waals surface area contributed by atoms with E-state index in [2.05, 4.69) is 18.7 Å². The molecule has 2 N–H and O–H groups in total. The van der Waals surface area contributed by atoms with Crippen molar-refractivity contribution in [2.75, 3.05) is 13.1 Å². The molecule has 3 heteroatoms. The quantitative estimate of drug-likeness (QED) is 0.729. The third-order valence-electron chi connectivity index (χ3n) is 2.53. The first-order valence-corrected chi connectivity index (χ1v) is 5.90. The Labute approximate surface area is 97.3 Å². The molecule has 1 rings (SSSR count). The minimum absolute atomic E-state index is 0.0366. The number of hydrogen-bond acceptors (Lipinski definition) is 3. The van der Waals surface area contributed by atoms with Crippen LogP contribution in [-0.4, -0.2) is 28.2 Å². The van der Waals surface area contributed by atoms with Gasteiger partial charge in [-0.05, 0) is 43.6 Å². The maximum absolute atomic E-state index is 9.40. The molecule has 0 bridgehead atoms. The molecule has 0 radical (unpaired) electrons. The van der Waals surface area contributed by atoms with Gasteiger partial charge >= 0.3 is 0 Å². The predicted molar refractivity (Wildman–Crippen MR) is 65.6 cm³/mol. The molecule has 1 aromatic carbocycles. The van der Waals surface area contributed by atoms with Crippen LogP contribution in [0.4, 0.5) is 0 Å². The summed E-state index contributed by atoms with van der Waals surface area (Å²) in [5, 5.41) is 18.6. The molecule has 0 saturated carbocycles. The van der Waals surface area contributed by atoms with Crippen LogP contribution in [-0.2, 0) is 6.54 Å². The number of hydrogen-bond donors (Lipinski definition) is 2. The highest BCUT2D eigenvalue weighted by Gasteiger charge is 2.06. The van der Waals surface area contributed by atoms with E-state index < -0.39 is 0 Å². The zero-order valence-corrected chi connectivity index (χ0v) is 10.1. The van der Waals surface area contributed by atoms with Crippen molar-refractivity contribution in [2.24, 2.45) is 0 Å². The van der Waals surface area contributed by atoms with Crippen LogP contribution in [0.15, 0.2) is 18.2 Å². The van der Waals surface area contributed by atoms with E-state index >= 15 is 0 Å². The number of rotatable bonds is 6. The smallest absolute Gasteiger partial charge is 0.157 e. The van der Waals surface area contributed by atoms with Crippen LogP contribution < -0.4 is 0 Å². The fourth-order valence-electron chi connectivity index (χ4n) is 1.83. The second-order valence-electron chi connectivity index (χ2n) is 4.10. The summed E-state index contributed by atoms with van der Waals surface area (Å²) in [6.07, 6.45) is 2.26. The van der Waals surface area contributed by atoms with E-state index in [0.29, 0.717) is 0 Å². The van der Waals surface area contributed by atoms with Crippen LogP contribution in [0, 0.1) is 0 Å². The Bertz CT molecular complexity index is 320. The Morgan fingerprint density at radius 2 is 1.62 bits per heavy atom. The molecule has 0 heterocycles. The molecule has 3 nitrogen and oxygen atoms in total. The highest BCUT2D eigenvalue weighted by Crippen LogP contribution is 2.25. The van der Waals surface area contributed by atoms with Gasteiger partial charge in [0.2, 0.25) is 0 Å². The van der Waals surface area contributed by atoms with Crippen LogP contribution in [0.1, 0.15) is 32.3 Å². The van der Waals surface area contributed by atoms with E-state index in [1.807, 2.05) is 6.07 Å². The zero-order chi connectivity index (χ0) is 12.0. The van der Waals surface area contributed by atoms with Crippen LogP contribution >= 0.6 is 0 Å². The molecule has 16 heavy (non-hydrogen) atoms. The molecule has 0 aliphatic heterocycles. The van der Waals surface area contributed by atoms with E-state index in [9.17, 15) is 10.2 Å². The average molecular weight is 223 g/mol. The third kappa shape index (κ3) is 3.74. The molecule has 90 valence electrons. The fourth-order valence-corrected chi connectivity index (χ4v) is 1.83. The van der Waals surface area contributed by atoms with E-state index in [1.165, 1.54) is 0 Å². The molecular weight excluding hydrogens is 202 g/mol. The molecule has 0 spiro atoms.